The van der Waals surface area contributed by atoms with E-state index in [1.165, 1.54) is 0 Å². The van der Waals surface area contributed by atoms with Gasteiger partial charge >= 0.3 is 0 Å². The van der Waals surface area contributed by atoms with E-state index in [0.717, 1.165) is 22.2 Å². The molecule has 0 amide bonds. The summed E-state index contributed by atoms with van der Waals surface area (Å²) >= 11 is 1.63. The molecule has 0 saturated carbocycles. The molecule has 5 nitrogen and oxygen atoms in total. The van der Waals surface area contributed by atoms with Crippen molar-refractivity contribution in [1.82, 2.24) is 14.5 Å². The standard InChI is InChI=1S/C13H18N4OS/c1-10-5-12(7-15-6-10)18-8-11(14)9-19-13-16-3-4-17(13)2/h3-7,11H,8-9,14H2,1-2H3. The number of thioether (sulfide) groups is 1. The third kappa shape index (κ3) is 4.25. The molecular weight excluding hydrogens is 260 g/mol. The molecule has 1 atom stereocenters. The molecule has 1 unspecified atom stereocenters. The molecule has 2 heterocycles. The van der Waals surface area contributed by atoms with E-state index < -0.39 is 0 Å². The van der Waals surface area contributed by atoms with Crippen molar-refractivity contribution in [3.05, 3.63) is 36.4 Å². The number of nitrogens with two attached hydrogens (primary N) is 1. The van der Waals surface area contributed by atoms with Gasteiger partial charge < -0.3 is 15.0 Å². The van der Waals surface area contributed by atoms with Crippen molar-refractivity contribution in [2.24, 2.45) is 12.8 Å². The Hall–Kier alpha value is -1.53. The molecule has 6 heteroatoms. The molecule has 19 heavy (non-hydrogen) atoms. The summed E-state index contributed by atoms with van der Waals surface area (Å²) in [5.74, 6) is 1.53. The van der Waals surface area contributed by atoms with Crippen molar-refractivity contribution in [2.45, 2.75) is 18.1 Å². The van der Waals surface area contributed by atoms with Crippen LogP contribution in [0, 0.1) is 6.92 Å². The lowest BCUT2D eigenvalue weighted by molar-refractivity contribution is 0.296. The number of pyridine rings is 1. The predicted octanol–water partition coefficient (Wildman–Crippen LogP) is 1.62. The van der Waals surface area contributed by atoms with Crippen molar-refractivity contribution in [3.63, 3.8) is 0 Å². The highest BCUT2D eigenvalue weighted by Crippen LogP contribution is 2.16. The number of imidazole rings is 1. The van der Waals surface area contributed by atoms with Crippen molar-refractivity contribution >= 4 is 11.8 Å². The summed E-state index contributed by atoms with van der Waals surface area (Å²) in [6.45, 7) is 2.46. The van der Waals surface area contributed by atoms with E-state index in [2.05, 4.69) is 9.97 Å². The minimum atomic E-state index is -0.0396. The Kier molecular flexibility index (Phi) is 4.81. The fraction of sp³-hybridized carbons (Fsp3) is 0.385. The van der Waals surface area contributed by atoms with Crippen LogP contribution in [0.5, 0.6) is 5.75 Å². The first-order valence-electron chi connectivity index (χ1n) is 6.05. The Labute approximate surface area is 117 Å². The smallest absolute Gasteiger partial charge is 0.167 e. The van der Waals surface area contributed by atoms with Gasteiger partial charge in [0.25, 0.3) is 0 Å². The number of nitrogens with zero attached hydrogens (tertiary/aromatic N) is 3. The Morgan fingerprint density at radius 2 is 2.32 bits per heavy atom. The van der Waals surface area contributed by atoms with Crippen LogP contribution in [0.2, 0.25) is 0 Å². The van der Waals surface area contributed by atoms with E-state index in [0.29, 0.717) is 6.61 Å². The van der Waals surface area contributed by atoms with Crippen LogP contribution in [0.4, 0.5) is 0 Å². The Morgan fingerprint density at radius 3 is 3.00 bits per heavy atom. The molecule has 0 aliphatic rings. The summed E-state index contributed by atoms with van der Waals surface area (Å²) in [6.07, 6.45) is 7.20. The molecule has 0 bridgehead atoms. The highest BCUT2D eigenvalue weighted by molar-refractivity contribution is 7.99. The van der Waals surface area contributed by atoms with Gasteiger partial charge in [0.1, 0.15) is 12.4 Å². The maximum atomic E-state index is 6.02. The summed E-state index contributed by atoms with van der Waals surface area (Å²) in [5.41, 5.74) is 7.10. The molecule has 0 aliphatic carbocycles. The molecule has 0 saturated heterocycles. The van der Waals surface area contributed by atoms with Crippen molar-refractivity contribution in [2.75, 3.05) is 12.4 Å². The maximum absolute atomic E-state index is 6.02. The van der Waals surface area contributed by atoms with Gasteiger partial charge in [-0.15, -0.1) is 0 Å². The number of rotatable bonds is 6. The van der Waals surface area contributed by atoms with Crippen molar-refractivity contribution in [3.8, 4) is 5.75 Å². The summed E-state index contributed by atoms with van der Waals surface area (Å²) in [4.78, 5) is 8.31. The van der Waals surface area contributed by atoms with Crippen molar-refractivity contribution in [1.29, 1.82) is 0 Å². The summed E-state index contributed by atoms with van der Waals surface area (Å²) in [6, 6.07) is 1.91. The lowest BCUT2D eigenvalue weighted by Gasteiger charge is -2.12. The second-order valence-corrected chi connectivity index (χ2v) is 5.39. The summed E-state index contributed by atoms with van der Waals surface area (Å²) in [7, 11) is 1.97. The number of hydrogen-bond acceptors (Lipinski definition) is 5. The normalized spacial score (nSPS) is 12.4. The molecule has 102 valence electrons. The summed E-state index contributed by atoms with van der Waals surface area (Å²) < 4.78 is 7.60. The largest absolute Gasteiger partial charge is 0.490 e. The van der Waals surface area contributed by atoms with E-state index >= 15 is 0 Å². The van der Waals surface area contributed by atoms with Crippen LogP contribution in [0.15, 0.2) is 36.0 Å². The first kappa shape index (κ1) is 13.9. The molecule has 0 aliphatic heterocycles. The lowest BCUT2D eigenvalue weighted by Crippen LogP contribution is -2.30. The van der Waals surface area contributed by atoms with Gasteiger partial charge in [0.05, 0.1) is 6.20 Å². The second-order valence-electron chi connectivity index (χ2n) is 4.40. The van der Waals surface area contributed by atoms with Gasteiger partial charge in [0.15, 0.2) is 5.16 Å². The van der Waals surface area contributed by atoms with Gasteiger partial charge in [-0.3, -0.25) is 4.98 Å². The minimum absolute atomic E-state index is 0.0396. The average molecular weight is 278 g/mol. The van der Waals surface area contributed by atoms with Crippen LogP contribution in [-0.4, -0.2) is 32.9 Å². The molecule has 2 rings (SSSR count). The van der Waals surface area contributed by atoms with Crippen LogP contribution in [0.1, 0.15) is 5.56 Å². The van der Waals surface area contributed by atoms with E-state index in [-0.39, 0.29) is 6.04 Å². The SMILES string of the molecule is Cc1cncc(OCC(N)CSc2nccn2C)c1. The van der Waals surface area contributed by atoms with Crippen LogP contribution < -0.4 is 10.5 Å². The zero-order valence-corrected chi connectivity index (χ0v) is 11.9. The molecule has 0 spiro atoms. The van der Waals surface area contributed by atoms with Crippen LogP contribution in [-0.2, 0) is 7.05 Å². The van der Waals surface area contributed by atoms with Crippen LogP contribution in [0.25, 0.3) is 0 Å². The average Bonchev–Trinajstić information content (AvgIpc) is 2.80. The van der Waals surface area contributed by atoms with Gasteiger partial charge in [-0.1, -0.05) is 11.8 Å². The first-order chi connectivity index (χ1) is 9.15. The fourth-order valence-corrected chi connectivity index (χ4v) is 2.39. The van der Waals surface area contributed by atoms with Crippen molar-refractivity contribution < 1.29 is 4.74 Å². The maximum Gasteiger partial charge on any atom is 0.167 e. The Morgan fingerprint density at radius 1 is 1.47 bits per heavy atom. The van der Waals surface area contributed by atoms with Gasteiger partial charge in [0, 0.05) is 37.4 Å². The number of aryl methyl sites for hydroxylation is 2. The zero-order chi connectivity index (χ0) is 13.7. The van der Waals surface area contributed by atoms with E-state index in [9.17, 15) is 0 Å². The highest BCUT2D eigenvalue weighted by Gasteiger charge is 2.07. The molecule has 2 aromatic rings. The monoisotopic (exact) mass is 278 g/mol. The first-order valence-corrected chi connectivity index (χ1v) is 7.04. The van der Waals surface area contributed by atoms with Gasteiger partial charge in [-0.05, 0) is 18.6 Å². The molecule has 2 N–H and O–H groups in total. The fourth-order valence-electron chi connectivity index (χ4n) is 1.53. The number of ether oxygens (including phenoxy) is 1. The Bertz CT molecular complexity index is 529. The minimum Gasteiger partial charge on any atom is -0.490 e. The predicted molar refractivity (Wildman–Crippen MR) is 76.4 cm³/mol. The number of hydrogen-bond donors (Lipinski definition) is 1. The van der Waals surface area contributed by atoms with Gasteiger partial charge in [-0.25, -0.2) is 4.98 Å². The second kappa shape index (κ2) is 6.58. The molecule has 2 aromatic heterocycles. The lowest BCUT2D eigenvalue weighted by atomic mass is 10.3. The van der Waals surface area contributed by atoms with E-state index in [1.54, 1.807) is 30.4 Å². The molecule has 0 aromatic carbocycles. The third-order valence-corrected chi connectivity index (χ3v) is 3.76. The quantitative estimate of drug-likeness (QED) is 0.813. The number of aromatic nitrogens is 3. The summed E-state index contributed by atoms with van der Waals surface area (Å²) in [5, 5.41) is 0.965. The zero-order valence-electron chi connectivity index (χ0n) is 11.1. The topological polar surface area (TPSA) is 66.0 Å². The van der Waals surface area contributed by atoms with Gasteiger partial charge in [-0.2, -0.15) is 0 Å². The van der Waals surface area contributed by atoms with E-state index in [1.807, 2.05) is 30.8 Å². The van der Waals surface area contributed by atoms with Gasteiger partial charge in [0.2, 0.25) is 0 Å². The third-order valence-electron chi connectivity index (χ3n) is 2.52. The molecule has 0 radical (unpaired) electrons. The van der Waals surface area contributed by atoms with Crippen LogP contribution in [0.3, 0.4) is 0 Å². The molecule has 0 fully saturated rings. The highest BCUT2D eigenvalue weighted by atomic mass is 32.2. The molecular formula is C13H18N4OS. The van der Waals surface area contributed by atoms with E-state index in [4.69, 9.17) is 10.5 Å². The van der Waals surface area contributed by atoms with Crippen LogP contribution >= 0.6 is 11.8 Å². The Balaban J connectivity index is 1.76.